The van der Waals surface area contributed by atoms with E-state index in [2.05, 4.69) is 26.1 Å². The van der Waals surface area contributed by atoms with Gasteiger partial charge in [-0.3, -0.25) is 9.59 Å². The lowest BCUT2D eigenvalue weighted by atomic mass is 9.87. The Bertz CT molecular complexity index is 384. The van der Waals surface area contributed by atoms with E-state index < -0.39 is 17.9 Å². The molecule has 3 unspecified atom stereocenters. The summed E-state index contributed by atoms with van der Waals surface area (Å²) < 4.78 is 5.98. The maximum atomic E-state index is 11.7. The molecule has 1 aliphatic rings. The van der Waals surface area contributed by atoms with Crippen molar-refractivity contribution in [2.45, 2.75) is 65.1 Å². The highest BCUT2D eigenvalue weighted by Gasteiger charge is 2.40. The summed E-state index contributed by atoms with van der Waals surface area (Å²) in [5, 5.41) is 11.3. The Morgan fingerprint density at radius 3 is 2.57 bits per heavy atom. The number of rotatable bonds is 7. The first kappa shape index (κ1) is 17.9. The van der Waals surface area contributed by atoms with Crippen molar-refractivity contribution in [1.82, 2.24) is 5.32 Å². The van der Waals surface area contributed by atoms with Crippen molar-refractivity contribution in [2.75, 3.05) is 6.61 Å². The number of nitrogens with one attached hydrogen (secondary N) is 1. The van der Waals surface area contributed by atoms with Crippen molar-refractivity contribution in [3.05, 3.63) is 0 Å². The van der Waals surface area contributed by atoms with E-state index in [1.54, 1.807) is 0 Å². The normalized spacial score (nSPS) is 27.1. The van der Waals surface area contributed by atoms with Crippen molar-refractivity contribution in [3.63, 3.8) is 0 Å². The molecular weight excluding hydrogens is 272 g/mol. The highest BCUT2D eigenvalue weighted by molar-refractivity contribution is 5.86. The smallest absolute Gasteiger partial charge is 0.305 e. The van der Waals surface area contributed by atoms with Crippen LogP contribution in [-0.4, -0.2) is 41.8 Å². The predicted molar refractivity (Wildman–Crippen MR) is 79.8 cm³/mol. The Morgan fingerprint density at radius 2 is 2.10 bits per heavy atom. The van der Waals surface area contributed by atoms with Gasteiger partial charge in [-0.25, -0.2) is 0 Å². The van der Waals surface area contributed by atoms with Crippen LogP contribution in [0.25, 0.3) is 0 Å². The van der Waals surface area contributed by atoms with Crippen LogP contribution in [-0.2, 0) is 14.3 Å². The number of nitrogens with two attached hydrogens (primary N) is 1. The molecular formula is C15H28N2O4. The SMILES string of the molecule is CC(COC1C(C)CCC1(C)C)NC(=O)[C@@H](N)CC(=O)O. The van der Waals surface area contributed by atoms with Crippen molar-refractivity contribution < 1.29 is 19.4 Å². The molecule has 0 heterocycles. The lowest BCUT2D eigenvalue weighted by molar-refractivity contribution is -0.139. The molecule has 0 aromatic heterocycles. The fourth-order valence-corrected chi connectivity index (χ4v) is 2.97. The molecule has 1 saturated carbocycles. The number of hydrogen-bond acceptors (Lipinski definition) is 4. The van der Waals surface area contributed by atoms with Gasteiger partial charge in [0.15, 0.2) is 0 Å². The molecule has 0 aromatic carbocycles. The van der Waals surface area contributed by atoms with Crippen molar-refractivity contribution in [3.8, 4) is 0 Å². The standard InChI is InChI=1S/C15H28N2O4/c1-9-5-6-15(3,4)13(9)21-8-10(2)17-14(20)11(16)7-12(18)19/h9-11,13H,5-8,16H2,1-4H3,(H,17,20)(H,18,19)/t9?,10?,11-,13?/m0/s1. The van der Waals surface area contributed by atoms with Gasteiger partial charge in [0.25, 0.3) is 0 Å². The van der Waals surface area contributed by atoms with Crippen molar-refractivity contribution in [1.29, 1.82) is 0 Å². The molecule has 21 heavy (non-hydrogen) atoms. The first-order valence-corrected chi connectivity index (χ1v) is 7.53. The first-order chi connectivity index (χ1) is 9.63. The van der Waals surface area contributed by atoms with Crippen LogP contribution in [0.5, 0.6) is 0 Å². The van der Waals surface area contributed by atoms with E-state index in [9.17, 15) is 9.59 Å². The fraction of sp³-hybridized carbons (Fsp3) is 0.867. The lowest BCUT2D eigenvalue weighted by Crippen LogP contribution is -2.47. The molecule has 0 saturated heterocycles. The van der Waals surface area contributed by atoms with Gasteiger partial charge in [-0.15, -0.1) is 0 Å². The Kier molecular flexibility index (Phi) is 6.16. The van der Waals surface area contributed by atoms with E-state index in [1.165, 1.54) is 0 Å². The zero-order chi connectivity index (χ0) is 16.2. The van der Waals surface area contributed by atoms with Gasteiger partial charge in [-0.2, -0.15) is 0 Å². The third-order valence-corrected chi connectivity index (χ3v) is 4.18. The Balaban J connectivity index is 2.38. The van der Waals surface area contributed by atoms with Crippen LogP contribution in [0.15, 0.2) is 0 Å². The molecule has 1 amide bonds. The number of aliphatic carboxylic acids is 1. The van der Waals surface area contributed by atoms with Crippen LogP contribution in [0.2, 0.25) is 0 Å². The van der Waals surface area contributed by atoms with Crippen LogP contribution in [0.1, 0.15) is 47.0 Å². The second kappa shape index (κ2) is 7.22. The van der Waals surface area contributed by atoms with Gasteiger partial charge in [0, 0.05) is 6.04 Å². The molecule has 122 valence electrons. The zero-order valence-electron chi connectivity index (χ0n) is 13.4. The molecule has 4 N–H and O–H groups in total. The molecule has 4 atom stereocenters. The van der Waals surface area contributed by atoms with Gasteiger partial charge >= 0.3 is 5.97 Å². The molecule has 0 aromatic rings. The number of carbonyl (C=O) groups excluding carboxylic acids is 1. The molecule has 1 rings (SSSR count). The average molecular weight is 300 g/mol. The van der Waals surface area contributed by atoms with Gasteiger partial charge in [0.1, 0.15) is 0 Å². The summed E-state index contributed by atoms with van der Waals surface area (Å²) in [4.78, 5) is 22.2. The quantitative estimate of drug-likeness (QED) is 0.654. The average Bonchev–Trinajstić information content (AvgIpc) is 2.60. The van der Waals surface area contributed by atoms with E-state index in [-0.39, 0.29) is 24.0 Å². The minimum Gasteiger partial charge on any atom is -0.481 e. The Morgan fingerprint density at radius 1 is 1.48 bits per heavy atom. The van der Waals surface area contributed by atoms with Crippen LogP contribution < -0.4 is 11.1 Å². The second-order valence-corrected chi connectivity index (χ2v) is 6.87. The lowest BCUT2D eigenvalue weighted by Gasteiger charge is -2.31. The third-order valence-electron chi connectivity index (χ3n) is 4.18. The third kappa shape index (κ3) is 5.28. The van der Waals surface area contributed by atoms with Crippen molar-refractivity contribution in [2.24, 2.45) is 17.1 Å². The van der Waals surface area contributed by atoms with E-state index in [1.807, 2.05) is 6.92 Å². The second-order valence-electron chi connectivity index (χ2n) is 6.87. The molecule has 0 radical (unpaired) electrons. The van der Waals surface area contributed by atoms with Gasteiger partial charge < -0.3 is 20.9 Å². The molecule has 1 fully saturated rings. The molecule has 6 nitrogen and oxygen atoms in total. The molecule has 0 spiro atoms. The Labute approximate surface area is 126 Å². The van der Waals surface area contributed by atoms with Crippen LogP contribution >= 0.6 is 0 Å². The fourth-order valence-electron chi connectivity index (χ4n) is 2.97. The van der Waals surface area contributed by atoms with E-state index >= 15 is 0 Å². The van der Waals surface area contributed by atoms with Gasteiger partial charge in [0.05, 0.1) is 25.2 Å². The molecule has 6 heteroatoms. The van der Waals surface area contributed by atoms with E-state index in [0.717, 1.165) is 12.8 Å². The zero-order valence-corrected chi connectivity index (χ0v) is 13.4. The number of hydrogen-bond donors (Lipinski definition) is 3. The number of carbonyl (C=O) groups is 2. The van der Waals surface area contributed by atoms with E-state index in [0.29, 0.717) is 12.5 Å². The Hall–Kier alpha value is -1.14. The summed E-state index contributed by atoms with van der Waals surface area (Å²) in [5.41, 5.74) is 5.67. The number of carboxylic acids is 1. The minimum absolute atomic E-state index is 0.156. The maximum absolute atomic E-state index is 11.7. The van der Waals surface area contributed by atoms with Gasteiger partial charge in [0.2, 0.25) is 5.91 Å². The summed E-state index contributed by atoms with van der Waals surface area (Å²) in [6.45, 7) is 8.83. The van der Waals surface area contributed by atoms with Crippen LogP contribution in [0, 0.1) is 11.3 Å². The molecule has 0 aliphatic heterocycles. The number of amides is 1. The molecule has 1 aliphatic carbocycles. The minimum atomic E-state index is -1.08. The monoisotopic (exact) mass is 300 g/mol. The van der Waals surface area contributed by atoms with Crippen molar-refractivity contribution >= 4 is 11.9 Å². The number of carboxylic acid groups (broad SMARTS) is 1. The number of ether oxygens (including phenoxy) is 1. The predicted octanol–water partition coefficient (Wildman–Crippen LogP) is 1.13. The summed E-state index contributed by atoms with van der Waals surface area (Å²) in [6, 6.07) is -1.22. The van der Waals surface area contributed by atoms with Crippen LogP contribution in [0.4, 0.5) is 0 Å². The van der Waals surface area contributed by atoms with Gasteiger partial charge in [-0.1, -0.05) is 20.8 Å². The summed E-state index contributed by atoms with van der Waals surface area (Å²) in [5.74, 6) is -1.02. The van der Waals surface area contributed by atoms with E-state index in [4.69, 9.17) is 15.6 Å². The highest BCUT2D eigenvalue weighted by Crippen LogP contribution is 2.42. The van der Waals surface area contributed by atoms with Gasteiger partial charge in [-0.05, 0) is 31.1 Å². The summed E-state index contributed by atoms with van der Waals surface area (Å²) in [6.07, 6.45) is 2.11. The summed E-state index contributed by atoms with van der Waals surface area (Å²) in [7, 11) is 0. The summed E-state index contributed by atoms with van der Waals surface area (Å²) >= 11 is 0. The topological polar surface area (TPSA) is 102 Å². The first-order valence-electron chi connectivity index (χ1n) is 7.53. The maximum Gasteiger partial charge on any atom is 0.305 e. The van der Waals surface area contributed by atoms with Crippen LogP contribution in [0.3, 0.4) is 0 Å². The largest absolute Gasteiger partial charge is 0.481 e. The molecule has 0 bridgehead atoms. The highest BCUT2D eigenvalue weighted by atomic mass is 16.5.